The van der Waals surface area contributed by atoms with E-state index in [1.165, 1.54) is 0 Å². The van der Waals surface area contributed by atoms with Crippen LogP contribution in [-0.4, -0.2) is 22.6 Å². The molecule has 0 bridgehead atoms. The molecule has 106 valence electrons. The van der Waals surface area contributed by atoms with Gasteiger partial charge >= 0.3 is 0 Å². The van der Waals surface area contributed by atoms with Crippen LogP contribution in [0, 0.1) is 0 Å². The van der Waals surface area contributed by atoms with Gasteiger partial charge in [-0.25, -0.2) is 4.98 Å². The number of H-pyrrole nitrogens is 1. The first-order valence-corrected chi connectivity index (χ1v) is 6.88. The molecule has 0 radical (unpaired) electrons. The smallest absolute Gasteiger partial charge is 0.190 e. The Kier molecular flexibility index (Phi) is 3.60. The van der Waals surface area contributed by atoms with Gasteiger partial charge in [0.1, 0.15) is 6.61 Å². The average Bonchev–Trinajstić information content (AvgIpc) is 2.93. The molecule has 2 aromatic rings. The first kappa shape index (κ1) is 13.0. The minimum Gasteiger partial charge on any atom is -0.485 e. The average molecular weight is 273 g/mol. The molecule has 0 saturated heterocycles. The predicted molar refractivity (Wildman–Crippen MR) is 75.9 cm³/mol. The summed E-state index contributed by atoms with van der Waals surface area (Å²) < 4.78 is 11.6. The summed E-state index contributed by atoms with van der Waals surface area (Å²) in [5.74, 6) is 2.36. The van der Waals surface area contributed by atoms with Crippen molar-refractivity contribution in [1.82, 2.24) is 15.3 Å². The SMILES string of the molecule is CC(C)NCc1cnc(C2COc3ccccc3O2)[nH]1. The Morgan fingerprint density at radius 3 is 2.95 bits per heavy atom. The maximum Gasteiger partial charge on any atom is 0.190 e. The monoisotopic (exact) mass is 273 g/mol. The lowest BCUT2D eigenvalue weighted by molar-refractivity contribution is 0.0856. The van der Waals surface area contributed by atoms with Gasteiger partial charge in [0.15, 0.2) is 23.4 Å². The molecule has 1 atom stereocenters. The molecule has 20 heavy (non-hydrogen) atoms. The quantitative estimate of drug-likeness (QED) is 0.898. The van der Waals surface area contributed by atoms with Gasteiger partial charge in [-0.05, 0) is 12.1 Å². The minimum absolute atomic E-state index is 0.183. The standard InChI is InChI=1S/C15H19N3O2/c1-10(2)16-7-11-8-17-15(18-11)14-9-19-12-5-3-4-6-13(12)20-14/h3-6,8,10,14,16H,7,9H2,1-2H3,(H,17,18). The van der Waals surface area contributed by atoms with E-state index >= 15 is 0 Å². The number of aromatic amines is 1. The highest BCUT2D eigenvalue weighted by molar-refractivity contribution is 5.41. The maximum absolute atomic E-state index is 5.92. The van der Waals surface area contributed by atoms with Gasteiger partial charge in [-0.3, -0.25) is 0 Å². The van der Waals surface area contributed by atoms with Gasteiger partial charge in [-0.1, -0.05) is 26.0 Å². The van der Waals surface area contributed by atoms with Crippen LogP contribution in [0.3, 0.4) is 0 Å². The summed E-state index contributed by atoms with van der Waals surface area (Å²) >= 11 is 0. The van der Waals surface area contributed by atoms with E-state index in [1.807, 2.05) is 30.5 Å². The van der Waals surface area contributed by atoms with Gasteiger partial charge < -0.3 is 19.8 Å². The summed E-state index contributed by atoms with van der Waals surface area (Å²) in [6.45, 7) is 5.48. The van der Waals surface area contributed by atoms with Crippen molar-refractivity contribution in [2.24, 2.45) is 0 Å². The largest absolute Gasteiger partial charge is 0.485 e. The van der Waals surface area contributed by atoms with E-state index in [0.29, 0.717) is 12.6 Å². The number of rotatable bonds is 4. The summed E-state index contributed by atoms with van der Waals surface area (Å²) in [6, 6.07) is 8.13. The molecule has 3 rings (SSSR count). The zero-order chi connectivity index (χ0) is 13.9. The van der Waals surface area contributed by atoms with Gasteiger partial charge in [0, 0.05) is 24.5 Å². The molecule has 0 saturated carbocycles. The number of imidazole rings is 1. The maximum atomic E-state index is 5.92. The lowest BCUT2D eigenvalue weighted by Gasteiger charge is -2.25. The lowest BCUT2D eigenvalue weighted by Crippen LogP contribution is -2.23. The summed E-state index contributed by atoms with van der Waals surface area (Å²) in [7, 11) is 0. The number of fused-ring (bicyclic) bond motifs is 1. The number of para-hydroxylation sites is 2. The molecule has 1 aromatic heterocycles. The van der Waals surface area contributed by atoms with Crippen molar-refractivity contribution in [3.63, 3.8) is 0 Å². The van der Waals surface area contributed by atoms with Gasteiger partial charge in [0.25, 0.3) is 0 Å². The Labute approximate surface area is 118 Å². The second-order valence-corrected chi connectivity index (χ2v) is 5.19. The first-order chi connectivity index (χ1) is 9.72. The zero-order valence-corrected chi connectivity index (χ0v) is 11.7. The van der Waals surface area contributed by atoms with Crippen molar-refractivity contribution >= 4 is 0 Å². The van der Waals surface area contributed by atoms with Crippen LogP contribution in [0.5, 0.6) is 11.5 Å². The summed E-state index contributed by atoms with van der Waals surface area (Å²) in [5.41, 5.74) is 1.05. The van der Waals surface area contributed by atoms with E-state index in [1.54, 1.807) is 0 Å². The summed E-state index contributed by atoms with van der Waals surface area (Å²) in [4.78, 5) is 7.68. The van der Waals surface area contributed by atoms with Crippen molar-refractivity contribution in [2.75, 3.05) is 6.61 Å². The third-order valence-corrected chi connectivity index (χ3v) is 3.16. The van der Waals surface area contributed by atoms with Crippen molar-refractivity contribution in [3.05, 3.63) is 42.0 Å². The van der Waals surface area contributed by atoms with Crippen LogP contribution in [-0.2, 0) is 6.54 Å². The molecule has 0 amide bonds. The Bertz CT molecular complexity index is 580. The Balaban J connectivity index is 1.69. The second-order valence-electron chi connectivity index (χ2n) is 5.19. The molecular formula is C15H19N3O2. The van der Waals surface area contributed by atoms with Crippen LogP contribution in [0.15, 0.2) is 30.5 Å². The Morgan fingerprint density at radius 1 is 1.35 bits per heavy atom. The highest BCUT2D eigenvalue weighted by Gasteiger charge is 2.24. The number of hydrogen-bond donors (Lipinski definition) is 2. The molecule has 5 heteroatoms. The molecule has 1 aromatic carbocycles. The summed E-state index contributed by atoms with van der Waals surface area (Å²) in [5, 5.41) is 3.35. The van der Waals surface area contributed by atoms with E-state index in [2.05, 4.69) is 29.1 Å². The topological polar surface area (TPSA) is 59.2 Å². The van der Waals surface area contributed by atoms with Crippen LogP contribution in [0.4, 0.5) is 0 Å². The Morgan fingerprint density at radius 2 is 2.15 bits per heavy atom. The lowest BCUT2D eigenvalue weighted by atomic mass is 10.2. The number of hydrogen-bond acceptors (Lipinski definition) is 4. The van der Waals surface area contributed by atoms with Crippen molar-refractivity contribution < 1.29 is 9.47 Å². The van der Waals surface area contributed by atoms with Crippen LogP contribution in [0.2, 0.25) is 0 Å². The minimum atomic E-state index is -0.183. The van der Waals surface area contributed by atoms with E-state index in [0.717, 1.165) is 29.6 Å². The molecule has 0 fully saturated rings. The normalized spacial score (nSPS) is 17.4. The van der Waals surface area contributed by atoms with E-state index in [-0.39, 0.29) is 6.10 Å². The third-order valence-electron chi connectivity index (χ3n) is 3.16. The molecule has 2 N–H and O–H groups in total. The van der Waals surface area contributed by atoms with Crippen molar-refractivity contribution in [3.8, 4) is 11.5 Å². The second kappa shape index (κ2) is 5.54. The van der Waals surface area contributed by atoms with Crippen molar-refractivity contribution in [1.29, 1.82) is 0 Å². The van der Waals surface area contributed by atoms with E-state index < -0.39 is 0 Å². The number of nitrogens with zero attached hydrogens (tertiary/aromatic N) is 1. The third kappa shape index (κ3) is 2.77. The zero-order valence-electron chi connectivity index (χ0n) is 11.7. The van der Waals surface area contributed by atoms with Gasteiger partial charge in [-0.2, -0.15) is 0 Å². The first-order valence-electron chi connectivity index (χ1n) is 6.88. The highest BCUT2D eigenvalue weighted by Crippen LogP contribution is 2.34. The molecule has 1 aliphatic rings. The molecular weight excluding hydrogens is 254 g/mol. The fourth-order valence-electron chi connectivity index (χ4n) is 2.10. The predicted octanol–water partition coefficient (Wildman–Crippen LogP) is 2.42. The molecule has 1 unspecified atom stereocenters. The Hall–Kier alpha value is -2.01. The van der Waals surface area contributed by atoms with Crippen LogP contribution in [0.1, 0.15) is 31.5 Å². The van der Waals surface area contributed by atoms with Crippen LogP contribution < -0.4 is 14.8 Å². The number of ether oxygens (including phenoxy) is 2. The fraction of sp³-hybridized carbons (Fsp3) is 0.400. The molecule has 1 aliphatic heterocycles. The molecule has 0 spiro atoms. The molecule has 5 nitrogen and oxygen atoms in total. The summed E-state index contributed by atoms with van der Waals surface area (Å²) in [6.07, 6.45) is 1.66. The van der Waals surface area contributed by atoms with Crippen LogP contribution >= 0.6 is 0 Å². The number of aromatic nitrogens is 2. The van der Waals surface area contributed by atoms with E-state index in [9.17, 15) is 0 Å². The van der Waals surface area contributed by atoms with Gasteiger partial charge in [0.05, 0.1) is 0 Å². The number of nitrogens with one attached hydrogen (secondary N) is 2. The number of benzene rings is 1. The van der Waals surface area contributed by atoms with Gasteiger partial charge in [-0.15, -0.1) is 0 Å². The van der Waals surface area contributed by atoms with Crippen molar-refractivity contribution in [2.45, 2.75) is 32.5 Å². The van der Waals surface area contributed by atoms with Crippen LogP contribution in [0.25, 0.3) is 0 Å². The molecule has 0 aliphatic carbocycles. The molecule has 2 heterocycles. The highest BCUT2D eigenvalue weighted by atomic mass is 16.6. The fourth-order valence-corrected chi connectivity index (χ4v) is 2.10. The van der Waals surface area contributed by atoms with Gasteiger partial charge in [0.2, 0.25) is 0 Å². The van der Waals surface area contributed by atoms with E-state index in [4.69, 9.17) is 9.47 Å².